The standard InChI is InChI=1S/C19H17ClN2O3S/c1-11-2-7-14-15(9-21)18(26-16(14)8-11)22-17(23)10-25-19(24)12-3-5-13(20)6-4-12/h3-6,11H,2,7-8,10H2,1H3,(H,22,23)/t11-/m0/s1. The molecular weight excluding hydrogens is 372 g/mol. The van der Waals surface area contributed by atoms with Crippen LogP contribution in [-0.2, 0) is 22.4 Å². The number of fused-ring (bicyclic) bond motifs is 1. The first kappa shape index (κ1) is 18.4. The van der Waals surface area contributed by atoms with E-state index < -0.39 is 18.5 Å². The molecule has 1 heterocycles. The van der Waals surface area contributed by atoms with Crippen LogP contribution in [0, 0.1) is 17.2 Å². The molecule has 0 radical (unpaired) electrons. The Balaban J connectivity index is 1.63. The molecule has 1 aliphatic rings. The van der Waals surface area contributed by atoms with Crippen LogP contribution in [0.25, 0.3) is 0 Å². The topological polar surface area (TPSA) is 79.2 Å². The molecule has 2 aromatic rings. The predicted molar refractivity (Wildman–Crippen MR) is 101 cm³/mol. The smallest absolute Gasteiger partial charge is 0.338 e. The molecule has 1 atom stereocenters. The van der Waals surface area contributed by atoms with Crippen LogP contribution in [0.1, 0.15) is 39.7 Å². The van der Waals surface area contributed by atoms with Gasteiger partial charge in [-0.05, 0) is 55.0 Å². The number of esters is 1. The molecule has 0 saturated carbocycles. The molecular formula is C19H17ClN2O3S. The van der Waals surface area contributed by atoms with Crippen molar-refractivity contribution in [2.24, 2.45) is 5.92 Å². The fourth-order valence-electron chi connectivity index (χ4n) is 2.92. The van der Waals surface area contributed by atoms with Crippen LogP contribution in [-0.4, -0.2) is 18.5 Å². The van der Waals surface area contributed by atoms with Gasteiger partial charge in [-0.3, -0.25) is 4.79 Å². The maximum Gasteiger partial charge on any atom is 0.338 e. The second kappa shape index (κ2) is 7.90. The highest BCUT2D eigenvalue weighted by atomic mass is 35.5. The number of carbonyl (C=O) groups is 2. The molecule has 0 spiro atoms. The van der Waals surface area contributed by atoms with Crippen LogP contribution in [0.15, 0.2) is 24.3 Å². The van der Waals surface area contributed by atoms with Gasteiger partial charge in [-0.2, -0.15) is 5.26 Å². The summed E-state index contributed by atoms with van der Waals surface area (Å²) in [5, 5.41) is 13.2. The van der Waals surface area contributed by atoms with Gasteiger partial charge in [-0.25, -0.2) is 4.79 Å². The molecule has 1 aromatic heterocycles. The molecule has 0 aliphatic heterocycles. The monoisotopic (exact) mass is 388 g/mol. The van der Waals surface area contributed by atoms with E-state index in [9.17, 15) is 14.9 Å². The maximum atomic E-state index is 12.1. The minimum atomic E-state index is -0.600. The molecule has 7 heteroatoms. The zero-order chi connectivity index (χ0) is 18.7. The van der Waals surface area contributed by atoms with E-state index >= 15 is 0 Å². The Kier molecular flexibility index (Phi) is 5.60. The molecule has 1 aromatic carbocycles. The van der Waals surface area contributed by atoms with Gasteiger partial charge >= 0.3 is 5.97 Å². The van der Waals surface area contributed by atoms with E-state index in [1.165, 1.54) is 23.5 Å². The number of thiophene rings is 1. The largest absolute Gasteiger partial charge is 0.452 e. The summed E-state index contributed by atoms with van der Waals surface area (Å²) in [6.07, 6.45) is 2.83. The number of rotatable bonds is 4. The second-order valence-electron chi connectivity index (χ2n) is 6.30. The molecule has 0 unspecified atom stereocenters. The summed E-state index contributed by atoms with van der Waals surface area (Å²) >= 11 is 7.21. The summed E-state index contributed by atoms with van der Waals surface area (Å²) in [5.41, 5.74) is 1.90. The third-order valence-electron chi connectivity index (χ3n) is 4.29. The molecule has 1 aliphatic carbocycles. The van der Waals surface area contributed by atoms with Gasteiger partial charge < -0.3 is 10.1 Å². The van der Waals surface area contributed by atoms with Crippen molar-refractivity contribution in [2.45, 2.75) is 26.2 Å². The van der Waals surface area contributed by atoms with Gasteiger partial charge in [0.25, 0.3) is 5.91 Å². The number of amides is 1. The molecule has 1 amide bonds. The lowest BCUT2D eigenvalue weighted by molar-refractivity contribution is -0.119. The van der Waals surface area contributed by atoms with Crippen LogP contribution in [0.4, 0.5) is 5.00 Å². The Hall–Kier alpha value is -2.36. The van der Waals surface area contributed by atoms with Crippen LogP contribution >= 0.6 is 22.9 Å². The molecule has 0 fully saturated rings. The van der Waals surface area contributed by atoms with Crippen LogP contribution < -0.4 is 5.32 Å². The normalized spacial score (nSPS) is 15.7. The Labute approximate surface area is 160 Å². The van der Waals surface area contributed by atoms with E-state index in [1.807, 2.05) is 0 Å². The maximum absolute atomic E-state index is 12.1. The third-order valence-corrected chi connectivity index (χ3v) is 5.71. The summed E-state index contributed by atoms with van der Waals surface area (Å²) in [6.45, 7) is 1.77. The van der Waals surface area contributed by atoms with Gasteiger partial charge in [-0.1, -0.05) is 18.5 Å². The number of hydrogen-bond acceptors (Lipinski definition) is 5. The number of ether oxygens (including phenoxy) is 1. The zero-order valence-electron chi connectivity index (χ0n) is 14.2. The molecule has 5 nitrogen and oxygen atoms in total. The van der Waals surface area contributed by atoms with E-state index in [0.717, 1.165) is 29.7 Å². The van der Waals surface area contributed by atoms with E-state index in [0.29, 0.717) is 27.1 Å². The van der Waals surface area contributed by atoms with Gasteiger partial charge in [0.05, 0.1) is 11.1 Å². The first-order chi connectivity index (χ1) is 12.5. The quantitative estimate of drug-likeness (QED) is 0.796. The molecule has 26 heavy (non-hydrogen) atoms. The summed E-state index contributed by atoms with van der Waals surface area (Å²) in [5.74, 6) is -0.483. The van der Waals surface area contributed by atoms with Gasteiger partial charge in [0.15, 0.2) is 6.61 Å². The lowest BCUT2D eigenvalue weighted by Gasteiger charge is -2.17. The van der Waals surface area contributed by atoms with Crippen molar-refractivity contribution >= 4 is 39.8 Å². The average Bonchev–Trinajstić information content (AvgIpc) is 2.96. The Morgan fingerprint density at radius 2 is 2.12 bits per heavy atom. The first-order valence-corrected chi connectivity index (χ1v) is 9.44. The van der Waals surface area contributed by atoms with Crippen molar-refractivity contribution in [3.8, 4) is 6.07 Å². The third kappa shape index (κ3) is 4.06. The zero-order valence-corrected chi connectivity index (χ0v) is 15.7. The fourth-order valence-corrected chi connectivity index (χ4v) is 4.42. The number of benzene rings is 1. The van der Waals surface area contributed by atoms with Gasteiger partial charge in [0.1, 0.15) is 11.1 Å². The molecule has 0 bridgehead atoms. The number of nitrogens with zero attached hydrogens (tertiary/aromatic N) is 1. The van der Waals surface area contributed by atoms with Gasteiger partial charge in [0.2, 0.25) is 0 Å². The van der Waals surface area contributed by atoms with E-state index in [2.05, 4.69) is 18.3 Å². The van der Waals surface area contributed by atoms with Crippen molar-refractivity contribution in [2.75, 3.05) is 11.9 Å². The molecule has 3 rings (SSSR count). The number of nitrogens with one attached hydrogen (secondary N) is 1. The fraction of sp³-hybridized carbons (Fsp3) is 0.316. The minimum absolute atomic E-state index is 0.320. The van der Waals surface area contributed by atoms with Crippen molar-refractivity contribution in [1.82, 2.24) is 0 Å². The molecule has 1 N–H and O–H groups in total. The summed E-state index contributed by atoms with van der Waals surface area (Å²) in [6, 6.07) is 8.42. The lowest BCUT2D eigenvalue weighted by Crippen LogP contribution is -2.20. The van der Waals surface area contributed by atoms with E-state index in [4.69, 9.17) is 16.3 Å². The van der Waals surface area contributed by atoms with Gasteiger partial charge in [0, 0.05) is 9.90 Å². The van der Waals surface area contributed by atoms with E-state index in [-0.39, 0.29) is 0 Å². The number of halogens is 1. The number of nitriles is 1. The predicted octanol–water partition coefficient (Wildman–Crippen LogP) is 4.19. The highest BCUT2D eigenvalue weighted by Gasteiger charge is 2.24. The lowest BCUT2D eigenvalue weighted by atomic mass is 9.89. The molecule has 0 saturated heterocycles. The van der Waals surface area contributed by atoms with Crippen molar-refractivity contribution < 1.29 is 14.3 Å². The molecule has 134 valence electrons. The Bertz CT molecular complexity index is 883. The summed E-state index contributed by atoms with van der Waals surface area (Å²) < 4.78 is 5.02. The second-order valence-corrected chi connectivity index (χ2v) is 7.84. The minimum Gasteiger partial charge on any atom is -0.452 e. The van der Waals surface area contributed by atoms with Crippen molar-refractivity contribution in [3.63, 3.8) is 0 Å². The SMILES string of the molecule is C[C@H]1CCc2c(sc(NC(=O)COC(=O)c3ccc(Cl)cc3)c2C#N)C1. The number of carbonyl (C=O) groups excluding carboxylic acids is 2. The first-order valence-electron chi connectivity index (χ1n) is 8.25. The summed E-state index contributed by atoms with van der Waals surface area (Å²) in [4.78, 5) is 25.2. The van der Waals surface area contributed by atoms with Crippen LogP contribution in [0.3, 0.4) is 0 Å². The van der Waals surface area contributed by atoms with Gasteiger partial charge in [-0.15, -0.1) is 11.3 Å². The van der Waals surface area contributed by atoms with Crippen molar-refractivity contribution in [1.29, 1.82) is 5.26 Å². The van der Waals surface area contributed by atoms with Crippen LogP contribution in [0.2, 0.25) is 5.02 Å². The summed E-state index contributed by atoms with van der Waals surface area (Å²) in [7, 11) is 0. The average molecular weight is 389 g/mol. The highest BCUT2D eigenvalue weighted by molar-refractivity contribution is 7.16. The number of hydrogen-bond donors (Lipinski definition) is 1. The number of anilines is 1. The van der Waals surface area contributed by atoms with E-state index in [1.54, 1.807) is 12.1 Å². The Morgan fingerprint density at radius 1 is 1.38 bits per heavy atom. The van der Waals surface area contributed by atoms with Crippen LogP contribution in [0.5, 0.6) is 0 Å². The highest BCUT2D eigenvalue weighted by Crippen LogP contribution is 2.39. The van der Waals surface area contributed by atoms with Crippen molar-refractivity contribution in [3.05, 3.63) is 50.9 Å². The Morgan fingerprint density at radius 3 is 2.81 bits per heavy atom.